The number of carbonyl (C=O) groups excluding carboxylic acids is 2. The Kier molecular flexibility index (Phi) is 5.32. The van der Waals surface area contributed by atoms with Crippen LogP contribution in [0.15, 0.2) is 36.4 Å². The minimum Gasteiger partial charge on any atom is -0.465 e. The molecule has 2 rings (SSSR count). The van der Waals surface area contributed by atoms with Crippen LogP contribution in [0.25, 0.3) is 6.08 Å². The molecule has 0 saturated heterocycles. The lowest BCUT2D eigenvalue weighted by atomic mass is 9.70. The van der Waals surface area contributed by atoms with E-state index in [2.05, 4.69) is 0 Å². The number of allylic oxidation sites excluding steroid dienone is 1. The van der Waals surface area contributed by atoms with Crippen molar-refractivity contribution in [2.75, 3.05) is 6.61 Å². The van der Waals surface area contributed by atoms with Crippen molar-refractivity contribution in [3.05, 3.63) is 42.0 Å². The first kappa shape index (κ1) is 15.5. The fourth-order valence-corrected chi connectivity index (χ4v) is 2.84. The van der Waals surface area contributed by atoms with Crippen LogP contribution in [-0.2, 0) is 14.3 Å². The molecule has 0 heterocycles. The summed E-state index contributed by atoms with van der Waals surface area (Å²) in [4.78, 5) is 24.6. The van der Waals surface area contributed by atoms with Gasteiger partial charge in [0, 0.05) is 6.42 Å². The number of ketones is 1. The largest absolute Gasteiger partial charge is 0.465 e. The molecule has 0 bridgehead atoms. The van der Waals surface area contributed by atoms with Crippen LogP contribution in [0.4, 0.5) is 0 Å². The van der Waals surface area contributed by atoms with E-state index in [-0.39, 0.29) is 11.8 Å². The van der Waals surface area contributed by atoms with E-state index in [9.17, 15) is 9.59 Å². The van der Waals surface area contributed by atoms with E-state index in [4.69, 9.17) is 4.74 Å². The second kappa shape index (κ2) is 7.21. The maximum absolute atomic E-state index is 12.3. The fraction of sp³-hybridized carbons (Fsp3) is 0.444. The molecule has 21 heavy (non-hydrogen) atoms. The van der Waals surface area contributed by atoms with Gasteiger partial charge in [0.1, 0.15) is 11.2 Å². The zero-order valence-electron chi connectivity index (χ0n) is 12.5. The number of hydrogen-bond acceptors (Lipinski definition) is 3. The lowest BCUT2D eigenvalue weighted by Crippen LogP contribution is -2.42. The van der Waals surface area contributed by atoms with Crippen LogP contribution in [-0.4, -0.2) is 18.4 Å². The second-order valence-corrected chi connectivity index (χ2v) is 5.45. The topological polar surface area (TPSA) is 43.4 Å². The number of carbonyl (C=O) groups is 2. The van der Waals surface area contributed by atoms with Gasteiger partial charge in [-0.2, -0.15) is 0 Å². The molecule has 1 saturated carbocycles. The predicted octanol–water partition coefficient (Wildman–Crippen LogP) is 3.78. The Morgan fingerprint density at radius 3 is 2.71 bits per heavy atom. The first-order valence-corrected chi connectivity index (χ1v) is 7.61. The third-order valence-electron chi connectivity index (χ3n) is 4.03. The molecule has 0 amide bonds. The van der Waals surface area contributed by atoms with E-state index in [1.54, 1.807) is 6.92 Å². The van der Waals surface area contributed by atoms with Gasteiger partial charge in [-0.05, 0) is 31.7 Å². The molecule has 1 atom stereocenters. The van der Waals surface area contributed by atoms with Crippen molar-refractivity contribution in [3.63, 3.8) is 0 Å². The summed E-state index contributed by atoms with van der Waals surface area (Å²) in [5, 5.41) is 0. The highest BCUT2D eigenvalue weighted by Crippen LogP contribution is 2.38. The molecular formula is C18H22O3. The molecule has 0 spiro atoms. The van der Waals surface area contributed by atoms with Crippen LogP contribution in [0.2, 0.25) is 0 Å². The first-order chi connectivity index (χ1) is 10.2. The first-order valence-electron chi connectivity index (χ1n) is 7.61. The molecular weight excluding hydrogens is 264 g/mol. The third-order valence-corrected chi connectivity index (χ3v) is 4.03. The molecule has 3 heteroatoms. The van der Waals surface area contributed by atoms with Crippen molar-refractivity contribution in [2.45, 2.75) is 39.0 Å². The van der Waals surface area contributed by atoms with Crippen molar-refractivity contribution in [2.24, 2.45) is 5.41 Å². The molecule has 1 aromatic rings. The fourth-order valence-electron chi connectivity index (χ4n) is 2.84. The summed E-state index contributed by atoms with van der Waals surface area (Å²) in [6.45, 7) is 2.09. The molecule has 112 valence electrons. The minimum atomic E-state index is -0.959. The molecule has 0 aliphatic heterocycles. The highest BCUT2D eigenvalue weighted by molar-refractivity contribution is 6.04. The lowest BCUT2D eigenvalue weighted by molar-refractivity contribution is -0.162. The average Bonchev–Trinajstić information content (AvgIpc) is 2.50. The maximum Gasteiger partial charge on any atom is 0.319 e. The van der Waals surface area contributed by atoms with Gasteiger partial charge in [0.15, 0.2) is 0 Å². The van der Waals surface area contributed by atoms with Crippen molar-refractivity contribution in [1.29, 1.82) is 0 Å². The zero-order chi connectivity index (χ0) is 15.1. The van der Waals surface area contributed by atoms with Gasteiger partial charge in [-0.25, -0.2) is 0 Å². The van der Waals surface area contributed by atoms with Gasteiger partial charge < -0.3 is 4.74 Å². The molecule has 0 radical (unpaired) electrons. The summed E-state index contributed by atoms with van der Waals surface area (Å²) in [5.74, 6) is -0.322. The minimum absolute atomic E-state index is 0.0323. The van der Waals surface area contributed by atoms with Crippen molar-refractivity contribution >= 4 is 17.8 Å². The maximum atomic E-state index is 12.3. The van der Waals surface area contributed by atoms with Crippen LogP contribution in [0.3, 0.4) is 0 Å². The van der Waals surface area contributed by atoms with E-state index in [1.165, 1.54) is 0 Å². The van der Waals surface area contributed by atoms with Crippen LogP contribution >= 0.6 is 0 Å². The Bertz CT molecular complexity index is 519. The van der Waals surface area contributed by atoms with Crippen LogP contribution in [0.1, 0.15) is 44.6 Å². The average molecular weight is 286 g/mol. The van der Waals surface area contributed by atoms with Crippen molar-refractivity contribution < 1.29 is 14.3 Å². The molecule has 1 aliphatic rings. The van der Waals surface area contributed by atoms with Gasteiger partial charge in [-0.3, -0.25) is 9.59 Å². The molecule has 1 fully saturated rings. The van der Waals surface area contributed by atoms with E-state index >= 15 is 0 Å². The molecule has 0 aromatic heterocycles. The second-order valence-electron chi connectivity index (χ2n) is 5.45. The van der Waals surface area contributed by atoms with Gasteiger partial charge in [-0.1, -0.05) is 48.9 Å². The normalized spacial score (nSPS) is 22.4. The van der Waals surface area contributed by atoms with Gasteiger partial charge in [-0.15, -0.1) is 0 Å². The Labute approximate surface area is 126 Å². The quantitative estimate of drug-likeness (QED) is 0.611. The van der Waals surface area contributed by atoms with Gasteiger partial charge >= 0.3 is 5.97 Å². The monoisotopic (exact) mass is 286 g/mol. The number of Topliss-reactive ketones (excluding diaryl/α,β-unsaturated/α-hetero) is 1. The molecule has 1 aliphatic carbocycles. The Morgan fingerprint density at radius 2 is 2.05 bits per heavy atom. The Balaban J connectivity index is 2.14. The van der Waals surface area contributed by atoms with Crippen LogP contribution in [0.5, 0.6) is 0 Å². The van der Waals surface area contributed by atoms with E-state index < -0.39 is 5.41 Å². The lowest BCUT2D eigenvalue weighted by Gasteiger charge is -2.32. The van der Waals surface area contributed by atoms with E-state index in [0.717, 1.165) is 18.4 Å². The van der Waals surface area contributed by atoms with E-state index in [0.29, 0.717) is 25.9 Å². The highest BCUT2D eigenvalue weighted by Gasteiger charge is 2.46. The van der Waals surface area contributed by atoms with Crippen LogP contribution in [0, 0.1) is 5.41 Å². The summed E-state index contributed by atoms with van der Waals surface area (Å²) in [6.07, 6.45) is 7.19. The van der Waals surface area contributed by atoms with Crippen molar-refractivity contribution in [3.8, 4) is 0 Å². The van der Waals surface area contributed by atoms with Gasteiger partial charge in [0.05, 0.1) is 6.61 Å². The van der Waals surface area contributed by atoms with Gasteiger partial charge in [0.25, 0.3) is 0 Å². The summed E-state index contributed by atoms with van der Waals surface area (Å²) in [5.41, 5.74) is 0.110. The molecule has 3 nitrogen and oxygen atoms in total. The number of esters is 1. The molecule has 0 N–H and O–H groups in total. The summed E-state index contributed by atoms with van der Waals surface area (Å²) in [7, 11) is 0. The Morgan fingerprint density at radius 1 is 1.29 bits per heavy atom. The molecule has 1 aromatic carbocycles. The SMILES string of the molecule is CCOC(=O)C1(C/C=C/c2ccccc2)CCCCC1=O. The van der Waals surface area contributed by atoms with Gasteiger partial charge in [0.2, 0.25) is 0 Å². The summed E-state index contributed by atoms with van der Waals surface area (Å²) < 4.78 is 5.16. The van der Waals surface area contributed by atoms with E-state index in [1.807, 2.05) is 42.5 Å². The molecule has 1 unspecified atom stereocenters. The third kappa shape index (κ3) is 3.60. The summed E-state index contributed by atoms with van der Waals surface area (Å²) >= 11 is 0. The predicted molar refractivity (Wildman–Crippen MR) is 82.6 cm³/mol. The number of ether oxygens (including phenoxy) is 1. The highest BCUT2D eigenvalue weighted by atomic mass is 16.5. The number of benzene rings is 1. The van der Waals surface area contributed by atoms with Crippen molar-refractivity contribution in [1.82, 2.24) is 0 Å². The summed E-state index contributed by atoms with van der Waals surface area (Å²) in [6, 6.07) is 9.88. The number of hydrogen-bond donors (Lipinski definition) is 0. The van der Waals surface area contributed by atoms with Crippen LogP contribution < -0.4 is 0 Å². The zero-order valence-corrected chi connectivity index (χ0v) is 12.5. The smallest absolute Gasteiger partial charge is 0.319 e. The standard InChI is InChI=1S/C18H22O3/c1-2-21-17(20)18(13-7-6-12-16(18)19)14-8-11-15-9-4-3-5-10-15/h3-5,8-11H,2,6-7,12-14H2,1H3/b11-8+. The Hall–Kier alpha value is -1.90. The number of rotatable bonds is 5.